The Bertz CT molecular complexity index is 1020. The highest BCUT2D eigenvalue weighted by molar-refractivity contribution is 5.88. The molecule has 0 radical (unpaired) electrons. The summed E-state index contributed by atoms with van der Waals surface area (Å²) in [7, 11) is 1.82. The van der Waals surface area contributed by atoms with Gasteiger partial charge in [0.05, 0.1) is 17.8 Å². The third-order valence-electron chi connectivity index (χ3n) is 5.21. The van der Waals surface area contributed by atoms with Crippen molar-refractivity contribution < 1.29 is 5.11 Å². The molecule has 2 aromatic heterocycles. The molecule has 0 saturated heterocycles. The molecule has 0 amide bonds. The summed E-state index contributed by atoms with van der Waals surface area (Å²) in [6.45, 7) is 4.95. The Hall–Kier alpha value is -3.00. The van der Waals surface area contributed by atoms with Crippen LogP contribution in [0.3, 0.4) is 0 Å². The lowest BCUT2D eigenvalue weighted by Gasteiger charge is -2.19. The van der Waals surface area contributed by atoms with Crippen LogP contribution in [0.5, 0.6) is 0 Å². The van der Waals surface area contributed by atoms with Crippen LogP contribution < -0.4 is 16.0 Å². The van der Waals surface area contributed by atoms with Crippen LogP contribution in [-0.4, -0.2) is 44.7 Å². The molecule has 0 aliphatic heterocycles. The molecule has 2 atom stereocenters. The number of nitrogens with zero attached hydrogens (tertiary/aromatic N) is 4. The smallest absolute Gasteiger partial charge is 0.225 e. The van der Waals surface area contributed by atoms with E-state index < -0.39 is 6.10 Å². The van der Waals surface area contributed by atoms with Crippen LogP contribution in [0.1, 0.15) is 43.1 Å². The van der Waals surface area contributed by atoms with Crippen LogP contribution in [-0.2, 0) is 12.8 Å². The molecule has 1 aromatic carbocycles. The van der Waals surface area contributed by atoms with E-state index in [2.05, 4.69) is 38.9 Å². The maximum Gasteiger partial charge on any atom is 0.225 e. The van der Waals surface area contributed by atoms with Gasteiger partial charge in [-0.2, -0.15) is 4.98 Å². The lowest BCUT2D eigenvalue weighted by Crippen LogP contribution is -2.22. The van der Waals surface area contributed by atoms with E-state index in [1.807, 2.05) is 32.2 Å². The number of aliphatic hydroxyl groups is 1. The van der Waals surface area contributed by atoms with Crippen molar-refractivity contribution in [2.24, 2.45) is 0 Å². The van der Waals surface area contributed by atoms with Gasteiger partial charge in [0.25, 0.3) is 0 Å². The molecule has 0 unspecified atom stereocenters. The third kappa shape index (κ3) is 3.67. The Morgan fingerprint density at radius 3 is 2.59 bits per heavy atom. The summed E-state index contributed by atoms with van der Waals surface area (Å²) in [5, 5.41) is 20.3. The number of aryl methyl sites for hydroxylation is 1. The SMILES string of the molecule is CCCNc1nc(NC)c2nc(N[C@H]3c4ccccc4C[C@@H]3O)nc(CC)c2n1. The second kappa shape index (κ2) is 8.16. The molecular weight excluding hydrogens is 366 g/mol. The average Bonchev–Trinajstić information content (AvgIpc) is 3.06. The molecule has 8 nitrogen and oxygen atoms in total. The van der Waals surface area contributed by atoms with Crippen LogP contribution in [0.2, 0.25) is 0 Å². The number of nitrogens with one attached hydrogen (secondary N) is 3. The van der Waals surface area contributed by atoms with Crippen molar-refractivity contribution in [2.75, 3.05) is 29.5 Å². The van der Waals surface area contributed by atoms with Gasteiger partial charge in [0.2, 0.25) is 11.9 Å². The molecule has 0 bridgehead atoms. The van der Waals surface area contributed by atoms with Crippen molar-refractivity contribution in [1.82, 2.24) is 19.9 Å². The van der Waals surface area contributed by atoms with Crippen molar-refractivity contribution in [1.29, 1.82) is 0 Å². The predicted molar refractivity (Wildman–Crippen MR) is 115 cm³/mol. The summed E-state index contributed by atoms with van der Waals surface area (Å²) in [6, 6.07) is 7.84. The largest absolute Gasteiger partial charge is 0.390 e. The van der Waals surface area contributed by atoms with Crippen LogP contribution in [0.25, 0.3) is 11.0 Å². The van der Waals surface area contributed by atoms with Crippen LogP contribution in [0, 0.1) is 0 Å². The van der Waals surface area contributed by atoms with Crippen molar-refractivity contribution >= 4 is 28.7 Å². The number of aromatic nitrogens is 4. The normalized spacial score (nSPS) is 17.9. The summed E-state index contributed by atoms with van der Waals surface area (Å²) in [4.78, 5) is 18.6. The Balaban J connectivity index is 1.74. The first-order valence-electron chi connectivity index (χ1n) is 10.2. The first-order chi connectivity index (χ1) is 14.1. The van der Waals surface area contributed by atoms with Crippen molar-refractivity contribution in [3.05, 3.63) is 41.1 Å². The molecule has 0 saturated carbocycles. The van der Waals surface area contributed by atoms with Gasteiger partial charge in [-0.05, 0) is 24.0 Å². The molecule has 4 rings (SSSR count). The van der Waals surface area contributed by atoms with E-state index in [1.54, 1.807) is 0 Å². The number of anilines is 3. The van der Waals surface area contributed by atoms with Gasteiger partial charge in [-0.25, -0.2) is 15.0 Å². The number of hydrogen-bond acceptors (Lipinski definition) is 8. The second-order valence-corrected chi connectivity index (χ2v) is 7.21. The minimum atomic E-state index is -0.516. The fraction of sp³-hybridized carbons (Fsp3) is 0.429. The van der Waals surface area contributed by atoms with E-state index in [-0.39, 0.29) is 6.04 Å². The lowest BCUT2D eigenvalue weighted by atomic mass is 10.1. The van der Waals surface area contributed by atoms with Gasteiger partial charge in [-0.3, -0.25) is 0 Å². The molecule has 2 heterocycles. The Kier molecular flexibility index (Phi) is 5.44. The zero-order valence-electron chi connectivity index (χ0n) is 17.0. The number of rotatable bonds is 7. The second-order valence-electron chi connectivity index (χ2n) is 7.21. The van der Waals surface area contributed by atoms with E-state index in [1.165, 1.54) is 0 Å². The molecule has 0 fully saturated rings. The van der Waals surface area contributed by atoms with Crippen LogP contribution in [0.4, 0.5) is 17.7 Å². The van der Waals surface area contributed by atoms with Crippen molar-refractivity contribution in [2.45, 2.75) is 45.3 Å². The van der Waals surface area contributed by atoms with Gasteiger partial charge in [-0.15, -0.1) is 0 Å². The maximum absolute atomic E-state index is 10.6. The first kappa shape index (κ1) is 19.3. The number of fused-ring (bicyclic) bond motifs is 2. The van der Waals surface area contributed by atoms with Crippen LogP contribution in [0.15, 0.2) is 24.3 Å². The van der Waals surface area contributed by atoms with Gasteiger partial charge in [-0.1, -0.05) is 38.1 Å². The minimum absolute atomic E-state index is 0.238. The Morgan fingerprint density at radius 2 is 1.83 bits per heavy atom. The molecule has 3 aromatic rings. The van der Waals surface area contributed by atoms with Gasteiger partial charge in [0, 0.05) is 20.0 Å². The zero-order chi connectivity index (χ0) is 20.4. The Labute approximate surface area is 170 Å². The summed E-state index contributed by atoms with van der Waals surface area (Å²) in [6.07, 6.45) is 1.81. The van der Waals surface area contributed by atoms with Gasteiger partial charge in [0.1, 0.15) is 11.0 Å². The number of hydrogen-bond donors (Lipinski definition) is 4. The standard InChI is InChI=1S/C21H27N7O/c1-4-10-23-20-26-17-14(5-2)24-21(27-18(17)19(22-3)28-20)25-16-13-9-7-6-8-12(13)11-15(16)29/h6-9,15-16,29H,4-5,10-11H2,1-3H3,(H,24,25,27)(H2,22,23,26,28)/t15-,16-/m0/s1. The topological polar surface area (TPSA) is 108 Å². The molecule has 29 heavy (non-hydrogen) atoms. The molecule has 0 spiro atoms. The molecule has 1 aliphatic carbocycles. The number of aliphatic hydroxyl groups excluding tert-OH is 1. The highest BCUT2D eigenvalue weighted by atomic mass is 16.3. The highest BCUT2D eigenvalue weighted by Crippen LogP contribution is 2.34. The molecular formula is C21H27N7O. The van der Waals surface area contributed by atoms with E-state index >= 15 is 0 Å². The fourth-order valence-electron chi connectivity index (χ4n) is 3.76. The quantitative estimate of drug-likeness (QED) is 0.485. The molecule has 4 N–H and O–H groups in total. The van der Waals surface area contributed by atoms with Gasteiger partial charge < -0.3 is 21.1 Å². The minimum Gasteiger partial charge on any atom is -0.390 e. The predicted octanol–water partition coefficient (Wildman–Crippen LogP) is 2.92. The van der Waals surface area contributed by atoms with E-state index in [0.29, 0.717) is 36.1 Å². The monoisotopic (exact) mass is 393 g/mol. The summed E-state index contributed by atoms with van der Waals surface area (Å²) in [5.41, 5.74) is 4.50. The molecule has 152 valence electrons. The van der Waals surface area contributed by atoms with Crippen molar-refractivity contribution in [3.8, 4) is 0 Å². The van der Waals surface area contributed by atoms with E-state index in [4.69, 9.17) is 9.97 Å². The third-order valence-corrected chi connectivity index (χ3v) is 5.21. The Morgan fingerprint density at radius 1 is 1.03 bits per heavy atom. The summed E-state index contributed by atoms with van der Waals surface area (Å²) in [5.74, 6) is 1.70. The van der Waals surface area contributed by atoms with E-state index in [9.17, 15) is 5.11 Å². The van der Waals surface area contributed by atoms with E-state index in [0.717, 1.165) is 35.3 Å². The summed E-state index contributed by atoms with van der Waals surface area (Å²) >= 11 is 0. The fourth-order valence-corrected chi connectivity index (χ4v) is 3.76. The van der Waals surface area contributed by atoms with Crippen molar-refractivity contribution in [3.63, 3.8) is 0 Å². The maximum atomic E-state index is 10.6. The van der Waals surface area contributed by atoms with Gasteiger partial charge >= 0.3 is 0 Å². The lowest BCUT2D eigenvalue weighted by molar-refractivity contribution is 0.165. The molecule has 8 heteroatoms. The number of benzene rings is 1. The highest BCUT2D eigenvalue weighted by Gasteiger charge is 2.31. The van der Waals surface area contributed by atoms with Crippen LogP contribution >= 0.6 is 0 Å². The summed E-state index contributed by atoms with van der Waals surface area (Å²) < 4.78 is 0. The zero-order valence-corrected chi connectivity index (χ0v) is 17.0. The first-order valence-corrected chi connectivity index (χ1v) is 10.2. The van der Waals surface area contributed by atoms with Gasteiger partial charge in [0.15, 0.2) is 5.82 Å². The molecule has 1 aliphatic rings. The average molecular weight is 393 g/mol.